The fraction of sp³-hybridized carbons (Fsp3) is 0.857. The van der Waals surface area contributed by atoms with E-state index >= 15 is 0 Å². The predicted molar refractivity (Wildman–Crippen MR) is 37.4 cm³/mol. The zero-order valence-corrected chi connectivity index (χ0v) is 6.66. The molecule has 0 unspecified atom stereocenters. The van der Waals surface area contributed by atoms with Gasteiger partial charge in [-0.2, -0.15) is 0 Å². The molecule has 0 amide bonds. The molecule has 4 heteroatoms. The maximum Gasteiger partial charge on any atom is 0.336 e. The lowest BCUT2D eigenvalue weighted by Crippen LogP contribution is -2.55. The number of hydrogen-bond acceptors (Lipinski definition) is 3. The number of ether oxygens (including phenoxy) is 2. The number of carbonyl (C=O) groups is 1. The Morgan fingerprint density at radius 3 is 2.36 bits per heavy atom. The molecule has 0 spiro atoms. The van der Waals surface area contributed by atoms with Crippen molar-refractivity contribution < 1.29 is 19.4 Å². The van der Waals surface area contributed by atoms with Gasteiger partial charge in [0, 0.05) is 27.1 Å². The molecule has 1 saturated carbocycles. The Hall–Kier alpha value is -0.610. The van der Waals surface area contributed by atoms with E-state index in [1.807, 2.05) is 0 Å². The van der Waals surface area contributed by atoms with Crippen LogP contribution in [0.15, 0.2) is 0 Å². The van der Waals surface area contributed by atoms with Crippen molar-refractivity contribution in [3.05, 3.63) is 0 Å². The van der Waals surface area contributed by atoms with Crippen molar-refractivity contribution in [2.75, 3.05) is 14.2 Å². The van der Waals surface area contributed by atoms with Gasteiger partial charge >= 0.3 is 5.97 Å². The second kappa shape index (κ2) is 2.79. The minimum Gasteiger partial charge on any atom is -0.479 e. The number of carboxylic acids is 1. The summed E-state index contributed by atoms with van der Waals surface area (Å²) in [5, 5.41) is 8.72. The highest BCUT2D eigenvalue weighted by molar-refractivity contribution is 5.79. The summed E-state index contributed by atoms with van der Waals surface area (Å²) < 4.78 is 9.84. The van der Waals surface area contributed by atoms with E-state index in [0.29, 0.717) is 12.8 Å². The lowest BCUT2D eigenvalue weighted by atomic mass is 9.77. The first-order valence-corrected chi connectivity index (χ1v) is 3.46. The fourth-order valence-corrected chi connectivity index (χ4v) is 1.27. The van der Waals surface area contributed by atoms with Crippen LogP contribution in [0.4, 0.5) is 0 Å². The lowest BCUT2D eigenvalue weighted by molar-refractivity contribution is -0.192. The van der Waals surface area contributed by atoms with Gasteiger partial charge in [0.1, 0.15) is 0 Å². The van der Waals surface area contributed by atoms with E-state index in [4.69, 9.17) is 14.6 Å². The molecule has 0 heterocycles. The number of carboxylic acid groups (broad SMARTS) is 1. The maximum atomic E-state index is 10.6. The summed E-state index contributed by atoms with van der Waals surface area (Å²) in [6.45, 7) is 0. The van der Waals surface area contributed by atoms with Crippen LogP contribution in [-0.4, -0.2) is 37.0 Å². The van der Waals surface area contributed by atoms with Gasteiger partial charge in [-0.15, -0.1) is 0 Å². The van der Waals surface area contributed by atoms with Crippen molar-refractivity contribution >= 4 is 5.97 Å². The van der Waals surface area contributed by atoms with E-state index in [9.17, 15) is 4.79 Å². The first-order chi connectivity index (χ1) is 5.14. The van der Waals surface area contributed by atoms with Crippen molar-refractivity contribution in [2.45, 2.75) is 24.5 Å². The average Bonchev–Trinajstić information content (AvgIpc) is 1.86. The first-order valence-electron chi connectivity index (χ1n) is 3.46. The van der Waals surface area contributed by atoms with E-state index in [1.54, 1.807) is 7.11 Å². The van der Waals surface area contributed by atoms with E-state index in [0.717, 1.165) is 0 Å². The standard InChI is InChI=1S/C7H12O4/c1-10-5-3-7(4-5,11-2)6(8)9/h5H,3-4H2,1-2H3,(H,8,9). The molecule has 1 fully saturated rings. The zero-order valence-electron chi connectivity index (χ0n) is 6.66. The van der Waals surface area contributed by atoms with Crippen LogP contribution >= 0.6 is 0 Å². The summed E-state index contributed by atoms with van der Waals surface area (Å²) in [5.74, 6) is -0.895. The van der Waals surface area contributed by atoms with Gasteiger partial charge in [-0.25, -0.2) is 4.79 Å². The van der Waals surface area contributed by atoms with Gasteiger partial charge in [0.15, 0.2) is 5.60 Å². The van der Waals surface area contributed by atoms with E-state index in [-0.39, 0.29) is 6.10 Å². The smallest absolute Gasteiger partial charge is 0.336 e. The third kappa shape index (κ3) is 1.23. The molecule has 4 nitrogen and oxygen atoms in total. The molecule has 0 radical (unpaired) electrons. The highest BCUT2D eigenvalue weighted by atomic mass is 16.5. The molecule has 1 aliphatic rings. The number of hydrogen-bond donors (Lipinski definition) is 1. The van der Waals surface area contributed by atoms with Crippen LogP contribution in [0.2, 0.25) is 0 Å². The SMILES string of the molecule is COC1CC(OC)(C(=O)O)C1. The predicted octanol–water partition coefficient (Wildman–Crippen LogP) is 0.265. The highest BCUT2D eigenvalue weighted by Gasteiger charge is 2.51. The van der Waals surface area contributed by atoms with Gasteiger partial charge in [-0.1, -0.05) is 0 Å². The lowest BCUT2D eigenvalue weighted by Gasteiger charge is -2.41. The topological polar surface area (TPSA) is 55.8 Å². The first kappa shape index (κ1) is 8.49. The van der Waals surface area contributed by atoms with Crippen molar-refractivity contribution in [2.24, 2.45) is 0 Å². The zero-order chi connectivity index (χ0) is 8.48. The van der Waals surface area contributed by atoms with Gasteiger partial charge in [-0.3, -0.25) is 0 Å². The van der Waals surface area contributed by atoms with Crippen molar-refractivity contribution in [3.63, 3.8) is 0 Å². The molecule has 0 aliphatic heterocycles. The molecule has 0 bridgehead atoms. The quantitative estimate of drug-likeness (QED) is 0.643. The van der Waals surface area contributed by atoms with Crippen LogP contribution in [0.3, 0.4) is 0 Å². The number of methoxy groups -OCH3 is 2. The molecule has 0 atom stereocenters. The average molecular weight is 160 g/mol. The van der Waals surface area contributed by atoms with Crippen molar-refractivity contribution in [1.82, 2.24) is 0 Å². The minimum atomic E-state index is -0.972. The van der Waals surface area contributed by atoms with E-state index in [1.165, 1.54) is 7.11 Å². The molecule has 1 N–H and O–H groups in total. The van der Waals surface area contributed by atoms with Crippen molar-refractivity contribution in [1.29, 1.82) is 0 Å². The van der Waals surface area contributed by atoms with Gasteiger partial charge in [0.2, 0.25) is 0 Å². The Balaban J connectivity index is 2.50. The Morgan fingerprint density at radius 2 is 2.09 bits per heavy atom. The molecule has 0 aromatic carbocycles. The third-order valence-corrected chi connectivity index (χ3v) is 2.23. The van der Waals surface area contributed by atoms with Gasteiger partial charge in [0.25, 0.3) is 0 Å². The highest BCUT2D eigenvalue weighted by Crippen LogP contribution is 2.37. The molecule has 1 rings (SSSR count). The molecule has 11 heavy (non-hydrogen) atoms. The summed E-state index contributed by atoms with van der Waals surface area (Å²) in [6, 6.07) is 0. The normalized spacial score (nSPS) is 36.4. The number of aliphatic carboxylic acids is 1. The second-order valence-corrected chi connectivity index (χ2v) is 2.77. The van der Waals surface area contributed by atoms with Crippen LogP contribution in [0.25, 0.3) is 0 Å². The summed E-state index contributed by atoms with van der Waals surface area (Å²) in [5.41, 5.74) is -0.972. The molecule has 0 saturated heterocycles. The van der Waals surface area contributed by atoms with Gasteiger partial charge in [0.05, 0.1) is 6.10 Å². The Labute approximate surface area is 65.1 Å². The Morgan fingerprint density at radius 1 is 1.55 bits per heavy atom. The van der Waals surface area contributed by atoms with Crippen molar-refractivity contribution in [3.8, 4) is 0 Å². The summed E-state index contributed by atoms with van der Waals surface area (Å²) in [7, 11) is 2.99. The molecule has 1 aliphatic carbocycles. The second-order valence-electron chi connectivity index (χ2n) is 2.77. The largest absolute Gasteiger partial charge is 0.479 e. The number of rotatable bonds is 3. The third-order valence-electron chi connectivity index (χ3n) is 2.23. The molecule has 0 aromatic heterocycles. The van der Waals surface area contributed by atoms with Crippen LogP contribution in [-0.2, 0) is 14.3 Å². The molecular weight excluding hydrogens is 148 g/mol. The Kier molecular flexibility index (Phi) is 2.15. The molecule has 0 aromatic rings. The fourth-order valence-electron chi connectivity index (χ4n) is 1.27. The van der Waals surface area contributed by atoms with Crippen LogP contribution < -0.4 is 0 Å². The molecular formula is C7H12O4. The van der Waals surface area contributed by atoms with Gasteiger partial charge in [-0.05, 0) is 0 Å². The van der Waals surface area contributed by atoms with Crippen LogP contribution in [0.5, 0.6) is 0 Å². The summed E-state index contributed by atoms with van der Waals surface area (Å²) in [6.07, 6.45) is 0.955. The maximum absolute atomic E-state index is 10.6. The van der Waals surface area contributed by atoms with Gasteiger partial charge < -0.3 is 14.6 Å². The van der Waals surface area contributed by atoms with Crippen LogP contribution in [0, 0.1) is 0 Å². The summed E-state index contributed by atoms with van der Waals surface area (Å²) in [4.78, 5) is 10.6. The van der Waals surface area contributed by atoms with E-state index < -0.39 is 11.6 Å². The van der Waals surface area contributed by atoms with E-state index in [2.05, 4.69) is 0 Å². The molecule has 64 valence electrons. The summed E-state index contributed by atoms with van der Waals surface area (Å²) >= 11 is 0. The monoisotopic (exact) mass is 160 g/mol. The van der Waals surface area contributed by atoms with Crippen LogP contribution in [0.1, 0.15) is 12.8 Å². The Bertz CT molecular complexity index is 160. The minimum absolute atomic E-state index is 0.0473.